The second-order valence-electron chi connectivity index (χ2n) is 0. The Bertz CT molecular complexity index is 3.25. The minimum Gasteiger partial charge on any atom is -0.0966 e. The van der Waals surface area contributed by atoms with Gasteiger partial charge >= 0.3 is 0 Å². The minimum atomic E-state index is 0. The standard InChI is InChI=1S/CH3Br.2CH4/c1-2;;/h1H3;2*1H4. The molecule has 0 bridgehead atoms. The first-order valence-corrected chi connectivity index (χ1v) is 1.96. The summed E-state index contributed by atoms with van der Waals surface area (Å²) in [5.41, 5.74) is 0. The third kappa shape index (κ3) is 23.6. The van der Waals surface area contributed by atoms with Crippen LogP contribution in [-0.2, 0) is 0 Å². The maximum absolute atomic E-state index is 2.94. The molecule has 0 aliphatic heterocycles. The summed E-state index contributed by atoms with van der Waals surface area (Å²) in [4.78, 5) is 0. The van der Waals surface area contributed by atoms with Gasteiger partial charge in [-0.2, -0.15) is 0 Å². The average Bonchev–Trinajstić information content (AvgIpc) is 1.00. The van der Waals surface area contributed by atoms with E-state index in [-0.39, 0.29) is 14.9 Å². The van der Waals surface area contributed by atoms with Crippen LogP contribution in [0, 0.1) is 0 Å². The van der Waals surface area contributed by atoms with Crippen molar-refractivity contribution in [3.8, 4) is 0 Å². The second-order valence-corrected chi connectivity index (χ2v) is 0. The van der Waals surface area contributed by atoms with Crippen LogP contribution in [0.3, 0.4) is 0 Å². The maximum Gasteiger partial charge on any atom is -0.00848 e. The summed E-state index contributed by atoms with van der Waals surface area (Å²) >= 11 is 2.94. The summed E-state index contributed by atoms with van der Waals surface area (Å²) in [7, 11) is 0. The molecule has 0 atom stereocenters. The Morgan fingerprint density at radius 2 is 1.00 bits per heavy atom. The second kappa shape index (κ2) is 92.9. The van der Waals surface area contributed by atoms with Crippen molar-refractivity contribution in [1.29, 1.82) is 0 Å². The molecule has 0 heterocycles. The molecule has 1 heteroatoms. The Hall–Kier alpha value is 0.480. The Kier molecular flexibility index (Phi) is 575. The van der Waals surface area contributed by atoms with Gasteiger partial charge in [0.2, 0.25) is 0 Å². The molecule has 0 radical (unpaired) electrons. The van der Waals surface area contributed by atoms with Crippen molar-refractivity contribution < 1.29 is 0 Å². The normalized spacial score (nSPS) is 1.50. The van der Waals surface area contributed by atoms with E-state index in [9.17, 15) is 0 Å². The predicted molar refractivity (Wildman–Crippen MR) is 28.3 cm³/mol. The van der Waals surface area contributed by atoms with Gasteiger partial charge in [-0.1, -0.05) is 30.8 Å². The maximum atomic E-state index is 2.94. The van der Waals surface area contributed by atoms with Crippen molar-refractivity contribution in [2.24, 2.45) is 0 Å². The van der Waals surface area contributed by atoms with Crippen molar-refractivity contribution in [3.63, 3.8) is 0 Å². The van der Waals surface area contributed by atoms with E-state index in [2.05, 4.69) is 15.9 Å². The lowest BCUT2D eigenvalue weighted by Gasteiger charge is -1.05. The monoisotopic (exact) mass is 126 g/mol. The highest BCUT2D eigenvalue weighted by atomic mass is 79.9. The van der Waals surface area contributed by atoms with Crippen molar-refractivity contribution in [1.82, 2.24) is 0 Å². The van der Waals surface area contributed by atoms with E-state index in [1.165, 1.54) is 0 Å². The SMILES string of the molecule is C.C.CBr. The molecule has 0 nitrogen and oxygen atoms in total. The molecule has 0 amide bonds. The smallest absolute Gasteiger partial charge is 0.00848 e. The Labute approximate surface area is 37.3 Å². The number of halogens is 1. The molecule has 0 aliphatic carbocycles. The summed E-state index contributed by atoms with van der Waals surface area (Å²) in [6.45, 7) is 0. The molecular weight excluding hydrogens is 116 g/mol. The third-order valence-electron chi connectivity index (χ3n) is 0. The van der Waals surface area contributed by atoms with Gasteiger partial charge < -0.3 is 0 Å². The zero-order chi connectivity index (χ0) is 2.00. The highest BCUT2D eigenvalue weighted by Gasteiger charge is 0.948. The summed E-state index contributed by atoms with van der Waals surface area (Å²) in [5.74, 6) is 1.81. The van der Waals surface area contributed by atoms with Crippen LogP contribution in [0.2, 0.25) is 0 Å². The zero-order valence-electron chi connectivity index (χ0n) is 1.38. The molecule has 0 aromatic heterocycles. The van der Waals surface area contributed by atoms with Gasteiger partial charge in [-0.05, 0) is 5.83 Å². The van der Waals surface area contributed by atoms with Gasteiger partial charge in [0.15, 0.2) is 0 Å². The Balaban J connectivity index is -0.00000000500. The zero-order valence-corrected chi connectivity index (χ0v) is 2.96. The molecule has 0 unspecified atom stereocenters. The van der Waals surface area contributed by atoms with Crippen LogP contribution >= 0.6 is 15.9 Å². The van der Waals surface area contributed by atoms with Crippen molar-refractivity contribution in [2.45, 2.75) is 14.9 Å². The molecule has 0 saturated carbocycles. The summed E-state index contributed by atoms with van der Waals surface area (Å²) in [5, 5.41) is 0. The van der Waals surface area contributed by atoms with Crippen LogP contribution in [0.15, 0.2) is 0 Å². The minimum absolute atomic E-state index is 0. The number of rotatable bonds is 0. The fourth-order valence-corrected chi connectivity index (χ4v) is 0. The van der Waals surface area contributed by atoms with Crippen LogP contribution < -0.4 is 0 Å². The molecular formula is C3H11Br. The van der Waals surface area contributed by atoms with Crippen LogP contribution in [0.4, 0.5) is 0 Å². The number of hydrogen-bond donors (Lipinski definition) is 0. The highest BCUT2D eigenvalue weighted by molar-refractivity contribution is 9.08. The molecule has 0 spiro atoms. The van der Waals surface area contributed by atoms with Gasteiger partial charge in [-0.25, -0.2) is 0 Å². The first-order chi connectivity index (χ1) is 1.00. The lowest BCUT2D eigenvalue weighted by molar-refractivity contribution is 2.50. The van der Waals surface area contributed by atoms with Crippen LogP contribution in [0.5, 0.6) is 0 Å². The highest BCUT2D eigenvalue weighted by Crippen LogP contribution is 1.45. The lowest BCUT2D eigenvalue weighted by atomic mass is 12.0. The summed E-state index contributed by atoms with van der Waals surface area (Å²) in [6, 6.07) is 0. The fraction of sp³-hybridized carbons (Fsp3) is 1.00. The lowest BCUT2D eigenvalue weighted by Crippen LogP contribution is -0.808. The van der Waals surface area contributed by atoms with Crippen LogP contribution in [0.1, 0.15) is 14.9 Å². The van der Waals surface area contributed by atoms with Gasteiger partial charge in [-0.3, -0.25) is 0 Å². The van der Waals surface area contributed by atoms with E-state index < -0.39 is 0 Å². The van der Waals surface area contributed by atoms with Crippen LogP contribution in [0.25, 0.3) is 0 Å². The molecule has 0 rings (SSSR count). The topological polar surface area (TPSA) is 0 Å². The molecule has 0 aromatic rings. The summed E-state index contributed by atoms with van der Waals surface area (Å²) in [6.07, 6.45) is 0. The fourth-order valence-electron chi connectivity index (χ4n) is 0. The van der Waals surface area contributed by atoms with E-state index in [1.807, 2.05) is 5.83 Å². The molecule has 0 aliphatic rings. The predicted octanol–water partition coefficient (Wildman–Crippen LogP) is 2.28. The Morgan fingerprint density at radius 3 is 1.00 bits per heavy atom. The number of hydrogen-bond acceptors (Lipinski definition) is 0. The van der Waals surface area contributed by atoms with E-state index >= 15 is 0 Å². The molecule has 0 N–H and O–H groups in total. The van der Waals surface area contributed by atoms with E-state index in [0.717, 1.165) is 0 Å². The quantitative estimate of drug-likeness (QED) is 0.438. The third-order valence-corrected chi connectivity index (χ3v) is 0. The molecule has 0 fully saturated rings. The molecule has 0 saturated heterocycles. The van der Waals surface area contributed by atoms with Crippen molar-refractivity contribution in [3.05, 3.63) is 0 Å². The van der Waals surface area contributed by atoms with E-state index in [0.29, 0.717) is 0 Å². The molecule has 30 valence electrons. The summed E-state index contributed by atoms with van der Waals surface area (Å²) < 4.78 is 0. The average molecular weight is 127 g/mol. The van der Waals surface area contributed by atoms with Crippen molar-refractivity contribution >= 4 is 15.9 Å². The molecule has 0 aromatic carbocycles. The van der Waals surface area contributed by atoms with E-state index in [4.69, 9.17) is 0 Å². The first kappa shape index (κ1) is 24.8. The first-order valence-electron chi connectivity index (χ1n) is 0.378. The van der Waals surface area contributed by atoms with E-state index in [1.54, 1.807) is 0 Å². The van der Waals surface area contributed by atoms with Gasteiger partial charge in [0.05, 0.1) is 0 Å². The van der Waals surface area contributed by atoms with Gasteiger partial charge in [-0.15, -0.1) is 0 Å². The number of alkyl halides is 1. The van der Waals surface area contributed by atoms with Gasteiger partial charge in [0, 0.05) is 0 Å². The van der Waals surface area contributed by atoms with Gasteiger partial charge in [0.1, 0.15) is 0 Å². The largest absolute Gasteiger partial charge is 0.0966 e. The molecule has 4 heavy (non-hydrogen) atoms. The van der Waals surface area contributed by atoms with Crippen molar-refractivity contribution in [2.75, 3.05) is 5.83 Å². The van der Waals surface area contributed by atoms with Crippen LogP contribution in [-0.4, -0.2) is 5.83 Å². The Morgan fingerprint density at radius 1 is 1.00 bits per heavy atom. The van der Waals surface area contributed by atoms with Gasteiger partial charge in [0.25, 0.3) is 0 Å².